The highest BCUT2D eigenvalue weighted by Gasteiger charge is 2.28. The van der Waals surface area contributed by atoms with E-state index in [2.05, 4.69) is 22.4 Å². The van der Waals surface area contributed by atoms with Crippen LogP contribution in [0.3, 0.4) is 0 Å². The monoisotopic (exact) mass is 264 g/mol. The predicted molar refractivity (Wildman–Crippen MR) is 68.6 cm³/mol. The summed E-state index contributed by atoms with van der Waals surface area (Å²) in [7, 11) is 0. The van der Waals surface area contributed by atoms with Crippen LogP contribution in [0.2, 0.25) is 0 Å². The quantitative estimate of drug-likeness (QED) is 0.873. The van der Waals surface area contributed by atoms with Crippen LogP contribution in [0.25, 0.3) is 0 Å². The minimum atomic E-state index is -0.0976. The minimum absolute atomic E-state index is 0.0976. The molecule has 0 bridgehead atoms. The Hall–Kier alpha value is -1.43. The van der Waals surface area contributed by atoms with Crippen LogP contribution in [-0.2, 0) is 0 Å². The summed E-state index contributed by atoms with van der Waals surface area (Å²) in [4.78, 5) is 18.4. The van der Waals surface area contributed by atoms with E-state index in [1.165, 1.54) is 6.42 Å². The molecule has 19 heavy (non-hydrogen) atoms. The molecule has 0 saturated carbocycles. The van der Waals surface area contributed by atoms with E-state index in [0.717, 1.165) is 38.9 Å². The normalized spacial score (nSPS) is 27.7. The van der Waals surface area contributed by atoms with Crippen LogP contribution in [0.1, 0.15) is 55.2 Å². The number of hydrogen-bond donors (Lipinski definition) is 1. The number of nitrogens with one attached hydrogen (secondary N) is 1. The van der Waals surface area contributed by atoms with Crippen molar-refractivity contribution in [3.8, 4) is 0 Å². The molecule has 6 nitrogen and oxygen atoms in total. The van der Waals surface area contributed by atoms with Gasteiger partial charge in [0, 0.05) is 13.1 Å². The Bertz CT molecular complexity index is 453. The molecule has 0 aliphatic carbocycles. The van der Waals surface area contributed by atoms with Crippen molar-refractivity contribution in [3.05, 3.63) is 11.7 Å². The van der Waals surface area contributed by atoms with Gasteiger partial charge in [0.25, 0.3) is 11.7 Å². The second-order valence-corrected chi connectivity index (χ2v) is 5.60. The van der Waals surface area contributed by atoms with Gasteiger partial charge < -0.3 is 14.7 Å². The molecule has 2 atom stereocenters. The average Bonchev–Trinajstić information content (AvgIpc) is 3.08. The Labute approximate surface area is 112 Å². The third-order valence-electron chi connectivity index (χ3n) is 3.94. The number of carbonyl (C=O) groups excluding carboxylic acids is 1. The van der Waals surface area contributed by atoms with Crippen molar-refractivity contribution in [2.24, 2.45) is 5.92 Å². The maximum Gasteiger partial charge on any atom is 0.295 e. The van der Waals surface area contributed by atoms with E-state index in [1.807, 2.05) is 4.90 Å². The number of aromatic nitrogens is 2. The van der Waals surface area contributed by atoms with Crippen LogP contribution >= 0.6 is 0 Å². The van der Waals surface area contributed by atoms with Crippen molar-refractivity contribution in [2.75, 3.05) is 19.6 Å². The van der Waals surface area contributed by atoms with Gasteiger partial charge >= 0.3 is 0 Å². The summed E-state index contributed by atoms with van der Waals surface area (Å²) in [6.45, 7) is 4.74. The lowest BCUT2D eigenvalue weighted by atomic mass is 10.0. The molecule has 2 unspecified atom stereocenters. The van der Waals surface area contributed by atoms with Gasteiger partial charge in [-0.15, -0.1) is 0 Å². The number of carbonyl (C=O) groups is 1. The van der Waals surface area contributed by atoms with Gasteiger partial charge in [-0.2, -0.15) is 4.98 Å². The third kappa shape index (κ3) is 2.63. The van der Waals surface area contributed by atoms with Crippen LogP contribution in [0.15, 0.2) is 4.52 Å². The SMILES string of the molecule is CC1CCCN(C(=O)c2noc(C3CCCN3)n2)C1. The highest BCUT2D eigenvalue weighted by Crippen LogP contribution is 2.22. The molecule has 0 radical (unpaired) electrons. The van der Waals surface area contributed by atoms with Gasteiger partial charge in [-0.1, -0.05) is 12.1 Å². The first kappa shape index (κ1) is 12.6. The highest BCUT2D eigenvalue weighted by molar-refractivity contribution is 5.90. The lowest BCUT2D eigenvalue weighted by Crippen LogP contribution is -2.39. The molecule has 6 heteroatoms. The smallest absolute Gasteiger partial charge is 0.295 e. The summed E-state index contributed by atoms with van der Waals surface area (Å²) in [5.74, 6) is 1.21. The number of hydrogen-bond acceptors (Lipinski definition) is 5. The molecular weight excluding hydrogens is 244 g/mol. The van der Waals surface area contributed by atoms with Crippen LogP contribution in [0.4, 0.5) is 0 Å². The van der Waals surface area contributed by atoms with Gasteiger partial charge in [0.2, 0.25) is 5.89 Å². The fourth-order valence-corrected chi connectivity index (χ4v) is 2.87. The average molecular weight is 264 g/mol. The van der Waals surface area contributed by atoms with Crippen molar-refractivity contribution >= 4 is 5.91 Å². The van der Waals surface area contributed by atoms with Gasteiger partial charge in [-0.25, -0.2) is 0 Å². The molecule has 2 aliphatic rings. The molecule has 2 aliphatic heterocycles. The summed E-state index contributed by atoms with van der Waals surface area (Å²) < 4.78 is 5.22. The lowest BCUT2D eigenvalue weighted by Gasteiger charge is -2.29. The van der Waals surface area contributed by atoms with E-state index < -0.39 is 0 Å². The van der Waals surface area contributed by atoms with Gasteiger partial charge in [0.05, 0.1) is 6.04 Å². The first-order valence-corrected chi connectivity index (χ1v) is 7.10. The molecule has 0 spiro atoms. The molecule has 104 valence electrons. The number of amides is 1. The summed E-state index contributed by atoms with van der Waals surface area (Å²) in [6.07, 6.45) is 4.35. The van der Waals surface area contributed by atoms with Crippen molar-refractivity contribution < 1.29 is 9.32 Å². The van der Waals surface area contributed by atoms with Gasteiger partial charge in [0.1, 0.15) is 0 Å². The first-order chi connectivity index (χ1) is 9.24. The first-order valence-electron chi connectivity index (χ1n) is 7.10. The van der Waals surface area contributed by atoms with Crippen molar-refractivity contribution in [1.82, 2.24) is 20.4 Å². The second kappa shape index (κ2) is 5.28. The Morgan fingerprint density at radius 2 is 2.32 bits per heavy atom. The molecule has 1 N–H and O–H groups in total. The molecule has 1 aromatic rings. The van der Waals surface area contributed by atoms with E-state index in [0.29, 0.717) is 11.8 Å². The van der Waals surface area contributed by atoms with Crippen LogP contribution in [0.5, 0.6) is 0 Å². The Kier molecular flexibility index (Phi) is 3.50. The third-order valence-corrected chi connectivity index (χ3v) is 3.94. The topological polar surface area (TPSA) is 71.3 Å². The molecular formula is C13H20N4O2. The van der Waals surface area contributed by atoms with Crippen LogP contribution < -0.4 is 5.32 Å². The molecule has 1 amide bonds. The van der Waals surface area contributed by atoms with E-state index in [9.17, 15) is 4.79 Å². The van der Waals surface area contributed by atoms with Crippen molar-refractivity contribution in [2.45, 2.75) is 38.6 Å². The Morgan fingerprint density at radius 1 is 1.42 bits per heavy atom. The number of rotatable bonds is 2. The maximum absolute atomic E-state index is 12.3. The van der Waals surface area contributed by atoms with E-state index in [4.69, 9.17) is 4.52 Å². The van der Waals surface area contributed by atoms with Crippen LogP contribution in [0, 0.1) is 5.92 Å². The number of nitrogens with zero attached hydrogens (tertiary/aromatic N) is 3. The summed E-state index contributed by atoms with van der Waals surface area (Å²) >= 11 is 0. The van der Waals surface area contributed by atoms with E-state index >= 15 is 0 Å². The van der Waals surface area contributed by atoms with E-state index in [-0.39, 0.29) is 17.8 Å². The fourth-order valence-electron chi connectivity index (χ4n) is 2.87. The zero-order valence-corrected chi connectivity index (χ0v) is 11.3. The van der Waals surface area contributed by atoms with Crippen molar-refractivity contribution in [3.63, 3.8) is 0 Å². The van der Waals surface area contributed by atoms with Crippen LogP contribution in [-0.4, -0.2) is 40.6 Å². The Morgan fingerprint density at radius 3 is 3.05 bits per heavy atom. The number of likely N-dealkylation sites (tertiary alicyclic amines) is 1. The lowest BCUT2D eigenvalue weighted by molar-refractivity contribution is 0.0667. The fraction of sp³-hybridized carbons (Fsp3) is 0.769. The molecule has 2 fully saturated rings. The minimum Gasteiger partial charge on any atom is -0.337 e. The Balaban J connectivity index is 1.69. The van der Waals surface area contributed by atoms with Gasteiger partial charge in [-0.05, 0) is 38.1 Å². The standard InChI is InChI=1S/C13H20N4O2/c1-9-4-3-7-17(8-9)13(18)11-15-12(19-16-11)10-5-2-6-14-10/h9-10,14H,2-8H2,1H3. The molecule has 3 heterocycles. The zero-order valence-electron chi connectivity index (χ0n) is 11.3. The summed E-state index contributed by atoms with van der Waals surface area (Å²) in [6, 6.07) is 0.120. The molecule has 2 saturated heterocycles. The highest BCUT2D eigenvalue weighted by atomic mass is 16.5. The van der Waals surface area contributed by atoms with Gasteiger partial charge in [0.15, 0.2) is 0 Å². The summed E-state index contributed by atoms with van der Waals surface area (Å²) in [5.41, 5.74) is 0. The van der Waals surface area contributed by atoms with Crippen molar-refractivity contribution in [1.29, 1.82) is 0 Å². The molecule has 0 aromatic carbocycles. The zero-order chi connectivity index (χ0) is 13.2. The number of piperidine rings is 1. The largest absolute Gasteiger partial charge is 0.337 e. The second-order valence-electron chi connectivity index (χ2n) is 5.60. The summed E-state index contributed by atoms with van der Waals surface area (Å²) in [5, 5.41) is 7.13. The van der Waals surface area contributed by atoms with E-state index in [1.54, 1.807) is 0 Å². The predicted octanol–water partition coefficient (Wildman–Crippen LogP) is 1.37. The molecule has 3 rings (SSSR count). The molecule has 1 aromatic heterocycles. The maximum atomic E-state index is 12.3. The van der Waals surface area contributed by atoms with Gasteiger partial charge in [-0.3, -0.25) is 4.79 Å².